The maximum absolute atomic E-state index is 12.8. The molecule has 0 aliphatic rings. The van der Waals surface area contributed by atoms with Crippen LogP contribution in [0, 0.1) is 0 Å². The summed E-state index contributed by atoms with van der Waals surface area (Å²) in [5.74, 6) is 0. The van der Waals surface area contributed by atoms with Crippen molar-refractivity contribution in [3.8, 4) is 0 Å². The maximum atomic E-state index is 12.8. The van der Waals surface area contributed by atoms with Gasteiger partial charge >= 0.3 is 12.2 Å². The first-order valence-corrected chi connectivity index (χ1v) is 10.1. The van der Waals surface area contributed by atoms with Crippen molar-refractivity contribution >= 4 is 12.2 Å². The fourth-order valence-electron chi connectivity index (χ4n) is 2.52. The number of allylic oxidation sites excluding steroid dienone is 3. The number of nitrogens with zero attached hydrogens (tertiary/aromatic N) is 1. The lowest BCUT2D eigenvalue weighted by molar-refractivity contribution is 0.0547. The highest BCUT2D eigenvalue weighted by molar-refractivity contribution is 5.73. The molecule has 0 saturated carbocycles. The molecule has 0 aromatic heterocycles. The van der Waals surface area contributed by atoms with Gasteiger partial charge in [0.1, 0.15) is 12.2 Å². The van der Waals surface area contributed by atoms with E-state index < -0.39 is 17.8 Å². The Morgan fingerprint density at radius 3 is 2.33 bits per heavy atom. The molecule has 6 heteroatoms. The molecule has 0 spiro atoms. The van der Waals surface area contributed by atoms with Crippen LogP contribution >= 0.6 is 0 Å². The third kappa shape index (κ3) is 8.99. The van der Waals surface area contributed by atoms with Gasteiger partial charge in [-0.1, -0.05) is 49.9 Å². The van der Waals surface area contributed by atoms with Gasteiger partial charge in [0.15, 0.2) is 0 Å². The maximum Gasteiger partial charge on any atom is 0.414 e. The molecule has 30 heavy (non-hydrogen) atoms. The summed E-state index contributed by atoms with van der Waals surface area (Å²) in [6.07, 6.45) is 3.12. The third-order valence-corrected chi connectivity index (χ3v) is 3.85. The van der Waals surface area contributed by atoms with Crippen molar-refractivity contribution in [2.75, 3.05) is 6.54 Å². The van der Waals surface area contributed by atoms with Crippen LogP contribution in [-0.2, 0) is 16.1 Å². The summed E-state index contributed by atoms with van der Waals surface area (Å²) in [6.45, 7) is 15.6. The molecular formula is C24H34N2O4. The van der Waals surface area contributed by atoms with Crippen LogP contribution < -0.4 is 5.32 Å². The normalized spacial score (nSPS) is 12.2. The van der Waals surface area contributed by atoms with Gasteiger partial charge in [0.25, 0.3) is 0 Å². The van der Waals surface area contributed by atoms with Gasteiger partial charge in [-0.25, -0.2) is 9.59 Å². The van der Waals surface area contributed by atoms with Crippen LogP contribution in [0.2, 0.25) is 0 Å². The second-order valence-corrected chi connectivity index (χ2v) is 7.87. The zero-order valence-corrected chi connectivity index (χ0v) is 19.0. The fraction of sp³-hybridized carbons (Fsp3) is 0.417. The summed E-state index contributed by atoms with van der Waals surface area (Å²) in [5, 5.41) is 2.71. The van der Waals surface area contributed by atoms with E-state index >= 15 is 0 Å². The molecule has 1 rings (SSSR count). The summed E-state index contributed by atoms with van der Waals surface area (Å²) in [6, 6.07) is 9.50. The highest BCUT2D eigenvalue weighted by Gasteiger charge is 2.21. The molecule has 0 heterocycles. The lowest BCUT2D eigenvalue weighted by Gasteiger charge is -2.25. The van der Waals surface area contributed by atoms with Gasteiger partial charge in [0, 0.05) is 12.2 Å². The van der Waals surface area contributed by atoms with Gasteiger partial charge < -0.3 is 9.47 Å². The molecule has 1 aromatic carbocycles. The molecule has 0 aliphatic heterocycles. The molecule has 0 unspecified atom stereocenters. The smallest absolute Gasteiger partial charge is 0.414 e. The Morgan fingerprint density at radius 1 is 1.20 bits per heavy atom. The average Bonchev–Trinajstić information content (AvgIpc) is 2.67. The number of hydrogen-bond acceptors (Lipinski definition) is 4. The fourth-order valence-corrected chi connectivity index (χ4v) is 2.52. The van der Waals surface area contributed by atoms with Gasteiger partial charge in [0.05, 0.1) is 5.70 Å². The molecule has 1 N–H and O–H groups in total. The predicted octanol–water partition coefficient (Wildman–Crippen LogP) is 5.92. The van der Waals surface area contributed by atoms with E-state index in [-0.39, 0.29) is 6.61 Å². The van der Waals surface area contributed by atoms with Crippen LogP contribution in [0.4, 0.5) is 9.59 Å². The number of rotatable bonds is 8. The van der Waals surface area contributed by atoms with Crippen molar-refractivity contribution < 1.29 is 19.1 Å². The lowest BCUT2D eigenvalue weighted by Crippen LogP contribution is -2.34. The minimum absolute atomic E-state index is 0.177. The van der Waals surface area contributed by atoms with E-state index in [4.69, 9.17) is 9.47 Å². The molecule has 2 amide bonds. The zero-order valence-electron chi connectivity index (χ0n) is 19.0. The van der Waals surface area contributed by atoms with Crippen LogP contribution in [0.3, 0.4) is 0 Å². The Kier molecular flexibility index (Phi) is 9.89. The molecule has 0 bridgehead atoms. The van der Waals surface area contributed by atoms with Gasteiger partial charge in [-0.3, -0.25) is 10.2 Å². The van der Waals surface area contributed by atoms with Crippen LogP contribution in [0.25, 0.3) is 0 Å². The molecular weight excluding hydrogens is 380 g/mol. The van der Waals surface area contributed by atoms with E-state index in [1.54, 1.807) is 46.8 Å². The first kappa shape index (κ1) is 25.0. The summed E-state index contributed by atoms with van der Waals surface area (Å²) >= 11 is 0. The number of carbonyl (C=O) groups excluding carboxylic acids is 2. The molecule has 0 atom stereocenters. The molecule has 1 aromatic rings. The van der Waals surface area contributed by atoms with Crippen molar-refractivity contribution in [3.63, 3.8) is 0 Å². The largest absolute Gasteiger partial charge is 0.444 e. The van der Waals surface area contributed by atoms with Gasteiger partial charge in [-0.05, 0) is 58.3 Å². The zero-order chi connectivity index (χ0) is 22.7. The Morgan fingerprint density at radius 2 is 1.83 bits per heavy atom. The van der Waals surface area contributed by atoms with Crippen LogP contribution in [0.15, 0.2) is 66.0 Å². The molecule has 6 nitrogen and oxygen atoms in total. The summed E-state index contributed by atoms with van der Waals surface area (Å²) in [4.78, 5) is 26.5. The van der Waals surface area contributed by atoms with E-state index in [1.807, 2.05) is 37.3 Å². The first-order valence-electron chi connectivity index (χ1n) is 10.1. The van der Waals surface area contributed by atoms with Gasteiger partial charge in [-0.2, -0.15) is 0 Å². The molecule has 0 aliphatic carbocycles. The Labute approximate surface area is 180 Å². The van der Waals surface area contributed by atoms with Crippen molar-refractivity contribution in [3.05, 3.63) is 71.6 Å². The van der Waals surface area contributed by atoms with Crippen molar-refractivity contribution in [2.45, 2.75) is 60.2 Å². The van der Waals surface area contributed by atoms with E-state index in [0.717, 1.165) is 12.0 Å². The van der Waals surface area contributed by atoms with Crippen LogP contribution in [0.1, 0.15) is 53.5 Å². The van der Waals surface area contributed by atoms with Gasteiger partial charge in [0.2, 0.25) is 0 Å². The summed E-state index contributed by atoms with van der Waals surface area (Å²) < 4.78 is 10.8. The second-order valence-electron chi connectivity index (χ2n) is 7.87. The summed E-state index contributed by atoms with van der Waals surface area (Å²) in [5.41, 5.74) is 2.03. The monoisotopic (exact) mass is 414 g/mol. The topological polar surface area (TPSA) is 67.9 Å². The van der Waals surface area contributed by atoms with Crippen molar-refractivity contribution in [1.29, 1.82) is 0 Å². The quantitative estimate of drug-likeness (QED) is 0.536. The van der Waals surface area contributed by atoms with Crippen molar-refractivity contribution in [1.82, 2.24) is 10.2 Å². The lowest BCUT2D eigenvalue weighted by atomic mass is 10.1. The summed E-state index contributed by atoms with van der Waals surface area (Å²) in [7, 11) is 0. The number of amides is 2. The number of carbonyl (C=O) groups is 2. The number of hydrogen-bond donors (Lipinski definition) is 1. The van der Waals surface area contributed by atoms with E-state index in [9.17, 15) is 9.59 Å². The molecule has 164 valence electrons. The Bertz CT molecular complexity index is 789. The molecule has 0 fully saturated rings. The number of nitrogens with one attached hydrogen (secondary N) is 1. The molecule has 0 radical (unpaired) electrons. The Balaban J connectivity index is 3.03. The predicted molar refractivity (Wildman–Crippen MR) is 120 cm³/mol. The molecule has 0 saturated heterocycles. The van der Waals surface area contributed by atoms with Crippen LogP contribution in [-0.4, -0.2) is 29.2 Å². The third-order valence-electron chi connectivity index (χ3n) is 3.85. The first-order chi connectivity index (χ1) is 14.1. The second kappa shape index (κ2) is 11.9. The van der Waals surface area contributed by atoms with E-state index in [1.165, 1.54) is 4.90 Å². The highest BCUT2D eigenvalue weighted by atomic mass is 16.6. The number of ether oxygens (including phenoxy) is 2. The average molecular weight is 415 g/mol. The van der Waals surface area contributed by atoms with E-state index in [0.29, 0.717) is 23.5 Å². The number of alkyl carbamates (subject to hydrolysis) is 1. The van der Waals surface area contributed by atoms with Crippen molar-refractivity contribution in [2.24, 2.45) is 0 Å². The Hall–Kier alpha value is -3.02. The minimum atomic E-state index is -0.612. The number of benzene rings is 1. The SMILES string of the molecule is C=C(C)/C(=C\C(=CC)NC(=O)OC(C)(C)C)N(CCC)C(=O)OCc1ccccc1. The standard InChI is InChI=1S/C24H34N2O4/c1-8-15-26(23(28)29-17-19-13-11-10-12-14-19)21(18(3)4)16-20(9-2)25-22(27)30-24(5,6)7/h9-14,16H,3,8,15,17H2,1-2,4-7H3,(H,25,27)/b20-9?,21-16+. The highest BCUT2D eigenvalue weighted by Crippen LogP contribution is 2.19. The van der Waals surface area contributed by atoms with E-state index in [2.05, 4.69) is 11.9 Å². The van der Waals surface area contributed by atoms with Crippen LogP contribution in [0.5, 0.6) is 0 Å². The van der Waals surface area contributed by atoms with Gasteiger partial charge in [-0.15, -0.1) is 0 Å². The minimum Gasteiger partial charge on any atom is -0.444 e.